The van der Waals surface area contributed by atoms with Gasteiger partial charge in [0.1, 0.15) is 0 Å². The molecule has 1 unspecified atom stereocenters. The molecule has 116 valence electrons. The third kappa shape index (κ3) is 6.43. The average Bonchev–Trinajstić information content (AvgIpc) is 2.86. The second-order valence-corrected chi connectivity index (χ2v) is 7.27. The van der Waals surface area contributed by atoms with E-state index < -0.39 is 10.0 Å². The molecule has 1 fully saturated rings. The van der Waals surface area contributed by atoms with Crippen LogP contribution in [0, 0.1) is 11.8 Å². The summed E-state index contributed by atoms with van der Waals surface area (Å²) >= 11 is 0. The molecule has 0 aliphatic heterocycles. The highest BCUT2D eigenvalue weighted by atomic mass is 35.5. The molecule has 1 atom stereocenters. The van der Waals surface area contributed by atoms with Crippen LogP contribution < -0.4 is 10.5 Å². The molecule has 6 heteroatoms. The fourth-order valence-electron chi connectivity index (χ4n) is 2.81. The zero-order chi connectivity index (χ0) is 13.6. The van der Waals surface area contributed by atoms with E-state index in [1.54, 1.807) is 0 Å². The third-order valence-corrected chi connectivity index (χ3v) is 5.74. The number of hydrogen-bond acceptors (Lipinski definition) is 3. The molecule has 0 radical (unpaired) electrons. The maximum absolute atomic E-state index is 12.1. The fourth-order valence-corrected chi connectivity index (χ4v) is 4.75. The molecule has 0 heterocycles. The molecule has 3 N–H and O–H groups in total. The Kier molecular flexibility index (Phi) is 9.24. The standard InChI is InChI=1S/C13H28N2O2S.ClH/c1-3-11(4-2)10-18(16,17)15-13(9-14)12-7-5-6-8-12;/h11-13,15H,3-10,14H2,1-2H3;1H. The smallest absolute Gasteiger partial charge is 0.212 e. The predicted molar refractivity (Wildman–Crippen MR) is 83.0 cm³/mol. The van der Waals surface area contributed by atoms with Crippen LogP contribution in [0.3, 0.4) is 0 Å². The maximum Gasteiger partial charge on any atom is 0.212 e. The number of nitrogens with one attached hydrogen (secondary N) is 1. The van der Waals surface area contributed by atoms with Crippen LogP contribution in [-0.4, -0.2) is 26.8 Å². The van der Waals surface area contributed by atoms with Crippen molar-refractivity contribution in [2.24, 2.45) is 17.6 Å². The molecule has 4 nitrogen and oxygen atoms in total. The van der Waals surface area contributed by atoms with Gasteiger partial charge in [0.2, 0.25) is 10.0 Å². The van der Waals surface area contributed by atoms with Crippen molar-refractivity contribution in [1.82, 2.24) is 4.72 Å². The number of sulfonamides is 1. The molecule has 0 aromatic heterocycles. The van der Waals surface area contributed by atoms with Gasteiger partial charge in [0, 0.05) is 12.6 Å². The predicted octanol–water partition coefficient (Wildman–Crippen LogP) is 2.28. The van der Waals surface area contributed by atoms with E-state index >= 15 is 0 Å². The Hall–Kier alpha value is 0.160. The Bertz CT molecular complexity index is 326. The topological polar surface area (TPSA) is 72.2 Å². The van der Waals surface area contributed by atoms with Crippen LogP contribution in [0.1, 0.15) is 52.4 Å². The van der Waals surface area contributed by atoms with Crippen LogP contribution in [0.2, 0.25) is 0 Å². The lowest BCUT2D eigenvalue weighted by atomic mass is 9.99. The third-order valence-electron chi connectivity index (χ3n) is 4.16. The van der Waals surface area contributed by atoms with Crippen molar-refractivity contribution in [1.29, 1.82) is 0 Å². The van der Waals surface area contributed by atoms with Crippen molar-refractivity contribution in [3.05, 3.63) is 0 Å². The zero-order valence-electron chi connectivity index (χ0n) is 12.1. The Morgan fingerprint density at radius 1 is 1.21 bits per heavy atom. The van der Waals surface area contributed by atoms with Gasteiger partial charge in [-0.1, -0.05) is 39.5 Å². The number of halogens is 1. The van der Waals surface area contributed by atoms with Crippen molar-refractivity contribution < 1.29 is 8.42 Å². The van der Waals surface area contributed by atoms with E-state index in [2.05, 4.69) is 4.72 Å². The monoisotopic (exact) mass is 312 g/mol. The van der Waals surface area contributed by atoms with Gasteiger partial charge in [-0.05, 0) is 24.7 Å². The van der Waals surface area contributed by atoms with E-state index in [0.29, 0.717) is 12.5 Å². The van der Waals surface area contributed by atoms with Crippen molar-refractivity contribution in [2.75, 3.05) is 12.3 Å². The minimum atomic E-state index is -3.18. The first-order valence-electron chi connectivity index (χ1n) is 7.22. The molecule has 0 aromatic carbocycles. The molecule has 1 saturated carbocycles. The van der Waals surface area contributed by atoms with Gasteiger partial charge in [-0.2, -0.15) is 0 Å². The number of rotatable bonds is 8. The quantitative estimate of drug-likeness (QED) is 0.722. The van der Waals surface area contributed by atoms with Crippen LogP contribution in [0.4, 0.5) is 0 Å². The van der Waals surface area contributed by atoms with Crippen LogP contribution in [0.5, 0.6) is 0 Å². The Morgan fingerprint density at radius 3 is 2.16 bits per heavy atom. The zero-order valence-corrected chi connectivity index (χ0v) is 13.7. The van der Waals surface area contributed by atoms with Crippen molar-refractivity contribution in [3.8, 4) is 0 Å². The second kappa shape index (κ2) is 9.16. The van der Waals surface area contributed by atoms with Gasteiger partial charge in [-0.15, -0.1) is 12.4 Å². The largest absolute Gasteiger partial charge is 0.329 e. The molecule has 1 rings (SSSR count). The molecule has 0 bridgehead atoms. The molecule has 0 amide bonds. The first-order chi connectivity index (χ1) is 8.52. The first kappa shape index (κ1) is 19.2. The Balaban J connectivity index is 0.00000324. The van der Waals surface area contributed by atoms with Crippen LogP contribution in [0.25, 0.3) is 0 Å². The second-order valence-electron chi connectivity index (χ2n) is 5.47. The lowest BCUT2D eigenvalue weighted by molar-refractivity contribution is 0.403. The molecular formula is C13H29ClN2O2S. The highest BCUT2D eigenvalue weighted by molar-refractivity contribution is 7.89. The van der Waals surface area contributed by atoms with Gasteiger partial charge in [0.05, 0.1) is 5.75 Å². The van der Waals surface area contributed by atoms with Crippen molar-refractivity contribution in [2.45, 2.75) is 58.4 Å². The summed E-state index contributed by atoms with van der Waals surface area (Å²) in [5, 5.41) is 0. The normalized spacial score (nSPS) is 18.5. The lowest BCUT2D eigenvalue weighted by Crippen LogP contribution is -2.46. The van der Waals surface area contributed by atoms with Gasteiger partial charge >= 0.3 is 0 Å². The molecular weight excluding hydrogens is 284 g/mol. The summed E-state index contributed by atoms with van der Waals surface area (Å²) in [6, 6.07) is -0.0631. The highest BCUT2D eigenvalue weighted by Crippen LogP contribution is 2.27. The van der Waals surface area contributed by atoms with Crippen molar-refractivity contribution >= 4 is 22.4 Å². The molecule has 0 saturated heterocycles. The molecule has 19 heavy (non-hydrogen) atoms. The minimum Gasteiger partial charge on any atom is -0.329 e. The minimum absolute atomic E-state index is 0. The van der Waals surface area contributed by atoms with Gasteiger partial charge in [-0.25, -0.2) is 13.1 Å². The molecule has 1 aliphatic rings. The summed E-state index contributed by atoms with van der Waals surface area (Å²) < 4.78 is 27.1. The van der Waals surface area contributed by atoms with Crippen LogP contribution in [-0.2, 0) is 10.0 Å². The van der Waals surface area contributed by atoms with E-state index in [-0.39, 0.29) is 30.1 Å². The van der Waals surface area contributed by atoms with Gasteiger partial charge < -0.3 is 5.73 Å². The van der Waals surface area contributed by atoms with Crippen molar-refractivity contribution in [3.63, 3.8) is 0 Å². The summed E-state index contributed by atoms with van der Waals surface area (Å²) in [4.78, 5) is 0. The van der Waals surface area contributed by atoms with Gasteiger partial charge in [0.25, 0.3) is 0 Å². The van der Waals surface area contributed by atoms with Crippen LogP contribution in [0.15, 0.2) is 0 Å². The van der Waals surface area contributed by atoms with Gasteiger partial charge in [-0.3, -0.25) is 0 Å². The highest BCUT2D eigenvalue weighted by Gasteiger charge is 2.28. The van der Waals surface area contributed by atoms with E-state index in [9.17, 15) is 8.42 Å². The SMILES string of the molecule is CCC(CC)CS(=O)(=O)NC(CN)C1CCCC1.Cl. The van der Waals surface area contributed by atoms with E-state index in [1.165, 1.54) is 12.8 Å². The summed E-state index contributed by atoms with van der Waals surface area (Å²) in [6.45, 7) is 4.49. The number of hydrogen-bond donors (Lipinski definition) is 2. The molecule has 1 aliphatic carbocycles. The molecule has 0 aromatic rings. The summed E-state index contributed by atoms with van der Waals surface area (Å²) in [5.74, 6) is 0.930. The average molecular weight is 313 g/mol. The maximum atomic E-state index is 12.1. The summed E-state index contributed by atoms with van der Waals surface area (Å²) in [6.07, 6.45) is 6.44. The van der Waals surface area contributed by atoms with E-state index in [4.69, 9.17) is 5.73 Å². The van der Waals surface area contributed by atoms with E-state index in [1.807, 2.05) is 13.8 Å². The van der Waals surface area contributed by atoms with Gasteiger partial charge in [0.15, 0.2) is 0 Å². The first-order valence-corrected chi connectivity index (χ1v) is 8.87. The molecule has 0 spiro atoms. The number of nitrogens with two attached hydrogens (primary N) is 1. The summed E-state index contributed by atoms with van der Waals surface area (Å²) in [7, 11) is -3.18. The Morgan fingerprint density at radius 2 is 1.74 bits per heavy atom. The van der Waals surface area contributed by atoms with Crippen LogP contribution >= 0.6 is 12.4 Å². The fraction of sp³-hybridized carbons (Fsp3) is 1.00. The summed E-state index contributed by atoms with van der Waals surface area (Å²) in [5.41, 5.74) is 5.73. The van der Waals surface area contributed by atoms with E-state index in [0.717, 1.165) is 25.7 Å². The Labute approximate surface area is 124 Å². The lowest BCUT2D eigenvalue weighted by Gasteiger charge is -2.24.